The van der Waals surface area contributed by atoms with E-state index < -0.39 is 0 Å². The van der Waals surface area contributed by atoms with E-state index in [4.69, 9.17) is 12.2 Å². The van der Waals surface area contributed by atoms with Gasteiger partial charge in [-0.3, -0.25) is 14.3 Å². The summed E-state index contributed by atoms with van der Waals surface area (Å²) in [6.07, 6.45) is 1.77. The topological polar surface area (TPSA) is 69.2 Å². The van der Waals surface area contributed by atoms with Gasteiger partial charge in [0.15, 0.2) is 5.82 Å². The van der Waals surface area contributed by atoms with Crippen molar-refractivity contribution in [1.29, 1.82) is 0 Å². The van der Waals surface area contributed by atoms with Gasteiger partial charge in [0.1, 0.15) is 11.5 Å². The second kappa shape index (κ2) is 6.38. The number of hydrogen-bond acceptors (Lipinski definition) is 4. The smallest absolute Gasteiger partial charge is 0.201 e. The molecule has 3 aromatic heterocycles. The fourth-order valence-electron chi connectivity index (χ4n) is 2.86. The third kappa shape index (κ3) is 2.88. The quantitative estimate of drug-likeness (QED) is 0.564. The third-order valence-electron chi connectivity index (χ3n) is 4.39. The number of benzene rings is 1. The van der Waals surface area contributed by atoms with Crippen LogP contribution in [0.3, 0.4) is 0 Å². The van der Waals surface area contributed by atoms with Crippen LogP contribution in [0.4, 0.5) is 0 Å². The van der Waals surface area contributed by atoms with E-state index >= 15 is 0 Å². The maximum Gasteiger partial charge on any atom is 0.201 e. The highest BCUT2D eigenvalue weighted by Gasteiger charge is 2.17. The van der Waals surface area contributed by atoms with Crippen molar-refractivity contribution < 1.29 is 0 Å². The van der Waals surface area contributed by atoms with E-state index in [1.807, 2.05) is 40.0 Å². The number of rotatable bonds is 4. The average molecular weight is 365 g/mol. The molecule has 26 heavy (non-hydrogen) atoms. The van der Waals surface area contributed by atoms with Crippen molar-refractivity contribution >= 4 is 12.2 Å². The molecule has 1 aromatic carbocycles. The predicted molar refractivity (Wildman–Crippen MR) is 102 cm³/mol. The van der Waals surface area contributed by atoms with Gasteiger partial charge in [-0.2, -0.15) is 15.3 Å². The Hall–Kier alpha value is -3.00. The van der Waals surface area contributed by atoms with Gasteiger partial charge in [-0.1, -0.05) is 29.8 Å². The first-order valence-electron chi connectivity index (χ1n) is 8.29. The average Bonchev–Trinajstić information content (AvgIpc) is 3.30. The van der Waals surface area contributed by atoms with E-state index in [-0.39, 0.29) is 0 Å². The Morgan fingerprint density at radius 1 is 1.12 bits per heavy atom. The molecule has 0 bridgehead atoms. The minimum absolute atomic E-state index is 0.508. The highest BCUT2D eigenvalue weighted by atomic mass is 32.1. The van der Waals surface area contributed by atoms with Crippen molar-refractivity contribution in [3.8, 4) is 17.3 Å². The van der Waals surface area contributed by atoms with Crippen molar-refractivity contribution in [2.75, 3.05) is 0 Å². The van der Waals surface area contributed by atoms with Gasteiger partial charge in [0.2, 0.25) is 4.77 Å². The Labute approximate surface area is 155 Å². The normalized spacial score (nSPS) is 11.2. The Bertz CT molecular complexity index is 1090. The maximum absolute atomic E-state index is 5.47. The molecule has 4 rings (SSSR count). The first-order valence-corrected chi connectivity index (χ1v) is 8.70. The van der Waals surface area contributed by atoms with E-state index in [1.165, 1.54) is 11.1 Å². The van der Waals surface area contributed by atoms with Gasteiger partial charge in [-0.25, -0.2) is 4.68 Å². The molecule has 0 atom stereocenters. The molecule has 1 N–H and O–H groups in total. The number of hydrogen-bond donors (Lipinski definition) is 1. The summed E-state index contributed by atoms with van der Waals surface area (Å²) < 4.78 is 6.11. The van der Waals surface area contributed by atoms with Crippen LogP contribution in [0.1, 0.15) is 16.8 Å². The summed E-state index contributed by atoms with van der Waals surface area (Å²) in [4.78, 5) is 0. The van der Waals surface area contributed by atoms with Crippen LogP contribution in [0.5, 0.6) is 0 Å². The molecule has 0 aliphatic rings. The first kappa shape index (κ1) is 16.5. The third-order valence-corrected chi connectivity index (χ3v) is 4.67. The zero-order valence-electron chi connectivity index (χ0n) is 14.8. The molecule has 0 saturated carbocycles. The van der Waals surface area contributed by atoms with Crippen molar-refractivity contribution in [2.24, 2.45) is 7.05 Å². The van der Waals surface area contributed by atoms with Gasteiger partial charge in [-0.15, -0.1) is 0 Å². The Morgan fingerprint density at radius 3 is 2.58 bits per heavy atom. The summed E-state index contributed by atoms with van der Waals surface area (Å²) in [5.74, 6) is 1.52. The number of nitrogens with one attached hydrogen (secondary N) is 1. The van der Waals surface area contributed by atoms with Crippen molar-refractivity contribution in [1.82, 2.24) is 34.3 Å². The SMILES string of the molecule is Cc1ccc(Cn2nccc2-n2c(-c3cc(C)n(C)n3)n[nH]c2=S)cc1. The fraction of sp³-hybridized carbons (Fsp3) is 0.222. The van der Waals surface area contributed by atoms with Crippen LogP contribution >= 0.6 is 12.2 Å². The number of nitrogens with zero attached hydrogens (tertiary/aromatic N) is 6. The van der Waals surface area contributed by atoms with Crippen LogP contribution in [0.2, 0.25) is 0 Å². The van der Waals surface area contributed by atoms with Crippen molar-refractivity contribution in [2.45, 2.75) is 20.4 Å². The first-order chi connectivity index (χ1) is 12.5. The Balaban J connectivity index is 1.78. The summed E-state index contributed by atoms with van der Waals surface area (Å²) in [5, 5.41) is 16.3. The molecule has 7 nitrogen and oxygen atoms in total. The van der Waals surface area contributed by atoms with Gasteiger partial charge in [0.05, 0.1) is 12.7 Å². The molecule has 0 radical (unpaired) electrons. The van der Waals surface area contributed by atoms with Gasteiger partial charge in [0.25, 0.3) is 0 Å². The van der Waals surface area contributed by atoms with Gasteiger partial charge < -0.3 is 0 Å². The van der Waals surface area contributed by atoms with Crippen LogP contribution in [0.15, 0.2) is 42.6 Å². The molecule has 4 aromatic rings. The van der Waals surface area contributed by atoms with Crippen LogP contribution in [-0.2, 0) is 13.6 Å². The van der Waals surface area contributed by atoms with Crippen molar-refractivity contribution in [3.63, 3.8) is 0 Å². The summed E-state index contributed by atoms with van der Waals surface area (Å²) in [5.41, 5.74) is 4.22. The van der Waals surface area contributed by atoms with E-state index in [9.17, 15) is 0 Å². The molecule has 0 amide bonds. The molecule has 0 unspecified atom stereocenters. The van der Waals surface area contributed by atoms with E-state index in [0.29, 0.717) is 17.1 Å². The lowest BCUT2D eigenvalue weighted by atomic mass is 10.1. The summed E-state index contributed by atoms with van der Waals surface area (Å²) in [7, 11) is 1.91. The van der Waals surface area contributed by atoms with E-state index in [2.05, 4.69) is 51.6 Å². The molecular weight excluding hydrogens is 346 g/mol. The molecule has 0 aliphatic heterocycles. The largest absolute Gasteiger partial charge is 0.272 e. The summed E-state index contributed by atoms with van der Waals surface area (Å²) >= 11 is 5.47. The molecular formula is C18H19N7S. The van der Waals surface area contributed by atoms with Crippen LogP contribution in [0, 0.1) is 18.6 Å². The fourth-order valence-corrected chi connectivity index (χ4v) is 3.08. The zero-order chi connectivity index (χ0) is 18.3. The van der Waals surface area contributed by atoms with Gasteiger partial charge >= 0.3 is 0 Å². The van der Waals surface area contributed by atoms with Crippen molar-refractivity contribution in [3.05, 3.63) is 64.2 Å². The lowest BCUT2D eigenvalue weighted by molar-refractivity contribution is 0.660. The second-order valence-electron chi connectivity index (χ2n) is 6.31. The zero-order valence-corrected chi connectivity index (χ0v) is 15.7. The Kier molecular flexibility index (Phi) is 4.04. The highest BCUT2D eigenvalue weighted by Crippen LogP contribution is 2.21. The summed E-state index contributed by atoms with van der Waals surface area (Å²) in [6, 6.07) is 12.3. The van der Waals surface area contributed by atoms with Crippen LogP contribution in [0.25, 0.3) is 17.3 Å². The van der Waals surface area contributed by atoms with Gasteiger partial charge in [0, 0.05) is 18.8 Å². The molecule has 0 fully saturated rings. The minimum atomic E-state index is 0.508. The van der Waals surface area contributed by atoms with E-state index in [1.54, 1.807) is 6.20 Å². The molecule has 132 valence electrons. The standard InChI is InChI=1S/C18H19N7S/c1-12-4-6-14(7-5-12)11-24-16(8-9-19-24)25-17(20-21-18(25)26)15-10-13(2)23(3)22-15/h4-10H,11H2,1-3H3,(H,21,26). The number of H-pyrrole nitrogens is 1. The lowest BCUT2D eigenvalue weighted by Crippen LogP contribution is -2.10. The lowest BCUT2D eigenvalue weighted by Gasteiger charge is -2.10. The molecule has 3 heterocycles. The molecule has 0 spiro atoms. The van der Waals surface area contributed by atoms with Crippen LogP contribution in [-0.4, -0.2) is 34.3 Å². The molecule has 0 saturated heterocycles. The maximum atomic E-state index is 5.47. The second-order valence-corrected chi connectivity index (χ2v) is 6.70. The number of aromatic nitrogens is 7. The van der Waals surface area contributed by atoms with Crippen LogP contribution < -0.4 is 0 Å². The predicted octanol–water partition coefficient (Wildman–Crippen LogP) is 3.19. The number of aryl methyl sites for hydroxylation is 3. The van der Waals surface area contributed by atoms with E-state index in [0.717, 1.165) is 17.2 Å². The molecule has 8 heteroatoms. The summed E-state index contributed by atoms with van der Waals surface area (Å²) in [6.45, 7) is 4.73. The van der Waals surface area contributed by atoms with Gasteiger partial charge in [-0.05, 0) is 37.7 Å². The minimum Gasteiger partial charge on any atom is -0.272 e. The Morgan fingerprint density at radius 2 is 1.88 bits per heavy atom. The highest BCUT2D eigenvalue weighted by molar-refractivity contribution is 7.71. The molecule has 0 aliphatic carbocycles. The number of aromatic amines is 1. The monoisotopic (exact) mass is 365 g/mol.